The van der Waals surface area contributed by atoms with Crippen LogP contribution in [-0.4, -0.2) is 16.0 Å². The second-order valence-electron chi connectivity index (χ2n) is 3.95. The Balaban J connectivity index is 2.16. The van der Waals surface area contributed by atoms with Crippen LogP contribution >= 0.6 is 0 Å². The summed E-state index contributed by atoms with van der Waals surface area (Å²) in [7, 11) is 0. The lowest BCUT2D eigenvalue weighted by Crippen LogP contribution is -2.36. The third-order valence-corrected chi connectivity index (χ3v) is 2.31. The van der Waals surface area contributed by atoms with Crippen LogP contribution in [0.4, 0.5) is 0 Å². The van der Waals surface area contributed by atoms with E-state index in [0.717, 1.165) is 18.7 Å². The Hall–Kier alpha value is -0.960. The molecule has 1 aromatic rings. The van der Waals surface area contributed by atoms with Gasteiger partial charge < -0.3 is 5.32 Å². The molecule has 1 aliphatic carbocycles. The van der Waals surface area contributed by atoms with E-state index in [1.165, 1.54) is 0 Å². The van der Waals surface area contributed by atoms with Crippen molar-refractivity contribution in [3.05, 3.63) is 24.3 Å². The normalized spacial score (nSPS) is 19.0. The maximum absolute atomic E-state index is 4.29. The lowest BCUT2D eigenvalue weighted by Gasteiger charge is -2.18. The van der Waals surface area contributed by atoms with Crippen LogP contribution in [-0.2, 0) is 5.54 Å². The molecule has 1 fully saturated rings. The monoisotopic (exact) mass is 177 g/mol. The van der Waals surface area contributed by atoms with E-state index in [-0.39, 0.29) is 5.54 Å². The fourth-order valence-corrected chi connectivity index (χ4v) is 1.66. The first-order chi connectivity index (χ1) is 6.23. The number of aromatic nitrogens is 2. The van der Waals surface area contributed by atoms with Gasteiger partial charge in [0.2, 0.25) is 0 Å². The molecule has 70 valence electrons. The summed E-state index contributed by atoms with van der Waals surface area (Å²) >= 11 is 0. The van der Waals surface area contributed by atoms with Gasteiger partial charge in [0.25, 0.3) is 0 Å². The summed E-state index contributed by atoms with van der Waals surface area (Å²) in [5.41, 5.74) is 0.0927. The summed E-state index contributed by atoms with van der Waals surface area (Å²) in [6, 6.07) is 2.35. The van der Waals surface area contributed by atoms with Crippen molar-refractivity contribution in [1.29, 1.82) is 0 Å². The molecule has 0 amide bonds. The van der Waals surface area contributed by atoms with Gasteiger partial charge in [0.05, 0.1) is 5.54 Å². The molecule has 1 aliphatic rings. The van der Waals surface area contributed by atoms with Gasteiger partial charge in [-0.1, -0.05) is 0 Å². The highest BCUT2D eigenvalue weighted by molar-refractivity contribution is 5.16. The standard InChI is InChI=1S/C10H15N3/c1-8(2)13-10(4-5-10)9-11-6-3-7-12-9/h3,6-8,13H,4-5H2,1-2H3. The molecule has 2 rings (SSSR count). The lowest BCUT2D eigenvalue weighted by atomic mass is 10.2. The van der Waals surface area contributed by atoms with Crippen LogP contribution < -0.4 is 5.32 Å². The van der Waals surface area contributed by atoms with Gasteiger partial charge in [0.1, 0.15) is 5.82 Å². The molecule has 1 saturated carbocycles. The SMILES string of the molecule is CC(C)NC1(c2ncccn2)CC1. The number of hydrogen-bond donors (Lipinski definition) is 1. The Labute approximate surface area is 78.6 Å². The molecule has 1 aromatic heterocycles. The summed E-state index contributed by atoms with van der Waals surface area (Å²) in [5, 5.41) is 3.52. The number of rotatable bonds is 3. The Morgan fingerprint density at radius 3 is 2.38 bits per heavy atom. The first-order valence-corrected chi connectivity index (χ1v) is 4.78. The van der Waals surface area contributed by atoms with E-state index >= 15 is 0 Å². The Morgan fingerprint density at radius 1 is 1.31 bits per heavy atom. The van der Waals surface area contributed by atoms with E-state index in [1.807, 2.05) is 18.5 Å². The van der Waals surface area contributed by atoms with Crippen LogP contribution in [0, 0.1) is 0 Å². The fourth-order valence-electron chi connectivity index (χ4n) is 1.66. The minimum absolute atomic E-state index is 0.0927. The van der Waals surface area contributed by atoms with Gasteiger partial charge in [-0.3, -0.25) is 0 Å². The van der Waals surface area contributed by atoms with Crippen molar-refractivity contribution in [2.45, 2.75) is 38.3 Å². The van der Waals surface area contributed by atoms with E-state index in [9.17, 15) is 0 Å². The van der Waals surface area contributed by atoms with Gasteiger partial charge in [0, 0.05) is 18.4 Å². The topological polar surface area (TPSA) is 37.8 Å². The van der Waals surface area contributed by atoms with Crippen molar-refractivity contribution < 1.29 is 0 Å². The molecule has 0 radical (unpaired) electrons. The van der Waals surface area contributed by atoms with Crippen molar-refractivity contribution in [2.24, 2.45) is 0 Å². The second-order valence-corrected chi connectivity index (χ2v) is 3.95. The molecule has 1 N–H and O–H groups in total. The van der Waals surface area contributed by atoms with Crippen LogP contribution in [0.3, 0.4) is 0 Å². The van der Waals surface area contributed by atoms with Crippen molar-refractivity contribution in [3.63, 3.8) is 0 Å². The van der Waals surface area contributed by atoms with Gasteiger partial charge in [0.15, 0.2) is 0 Å². The zero-order valence-corrected chi connectivity index (χ0v) is 8.12. The van der Waals surface area contributed by atoms with Gasteiger partial charge in [-0.05, 0) is 32.8 Å². The number of nitrogens with one attached hydrogen (secondary N) is 1. The largest absolute Gasteiger partial charge is 0.303 e. The summed E-state index contributed by atoms with van der Waals surface area (Å²) < 4.78 is 0. The molecule has 0 unspecified atom stereocenters. The van der Waals surface area contributed by atoms with Gasteiger partial charge >= 0.3 is 0 Å². The lowest BCUT2D eigenvalue weighted by molar-refractivity contribution is 0.441. The molecule has 0 aliphatic heterocycles. The van der Waals surface area contributed by atoms with E-state index in [4.69, 9.17) is 0 Å². The average Bonchev–Trinajstić information content (AvgIpc) is 2.86. The molecule has 0 atom stereocenters. The maximum Gasteiger partial charge on any atom is 0.148 e. The highest BCUT2D eigenvalue weighted by atomic mass is 15.1. The molecule has 3 heteroatoms. The molecular formula is C10H15N3. The highest BCUT2D eigenvalue weighted by Gasteiger charge is 2.46. The van der Waals surface area contributed by atoms with E-state index in [0.29, 0.717) is 6.04 Å². The fraction of sp³-hybridized carbons (Fsp3) is 0.600. The van der Waals surface area contributed by atoms with E-state index < -0.39 is 0 Å². The summed E-state index contributed by atoms with van der Waals surface area (Å²) in [6.07, 6.45) is 5.94. The second kappa shape index (κ2) is 3.07. The quantitative estimate of drug-likeness (QED) is 0.759. The van der Waals surface area contributed by atoms with Crippen molar-refractivity contribution in [2.75, 3.05) is 0 Å². The highest BCUT2D eigenvalue weighted by Crippen LogP contribution is 2.43. The Morgan fingerprint density at radius 2 is 1.92 bits per heavy atom. The number of nitrogens with zero attached hydrogens (tertiary/aromatic N) is 2. The summed E-state index contributed by atoms with van der Waals surface area (Å²) in [6.45, 7) is 4.31. The zero-order chi connectivity index (χ0) is 9.31. The van der Waals surface area contributed by atoms with E-state index in [2.05, 4.69) is 29.1 Å². The van der Waals surface area contributed by atoms with Crippen molar-refractivity contribution in [1.82, 2.24) is 15.3 Å². The predicted octanol–water partition coefficient (Wildman–Crippen LogP) is 1.46. The smallest absolute Gasteiger partial charge is 0.148 e. The summed E-state index contributed by atoms with van der Waals surface area (Å²) in [4.78, 5) is 8.58. The minimum atomic E-state index is 0.0927. The molecule has 0 bridgehead atoms. The molecular weight excluding hydrogens is 162 g/mol. The predicted molar refractivity (Wildman–Crippen MR) is 51.2 cm³/mol. The number of hydrogen-bond acceptors (Lipinski definition) is 3. The van der Waals surface area contributed by atoms with Crippen LogP contribution in [0.25, 0.3) is 0 Å². The Kier molecular flexibility index (Phi) is 2.04. The first kappa shape index (κ1) is 8.63. The summed E-state index contributed by atoms with van der Waals surface area (Å²) in [5.74, 6) is 0.948. The molecule has 13 heavy (non-hydrogen) atoms. The Bertz CT molecular complexity index is 277. The van der Waals surface area contributed by atoms with Gasteiger partial charge in [-0.2, -0.15) is 0 Å². The first-order valence-electron chi connectivity index (χ1n) is 4.78. The minimum Gasteiger partial charge on any atom is -0.303 e. The molecule has 3 nitrogen and oxygen atoms in total. The van der Waals surface area contributed by atoms with Crippen LogP contribution in [0.2, 0.25) is 0 Å². The molecule has 0 spiro atoms. The molecule has 1 heterocycles. The van der Waals surface area contributed by atoms with E-state index in [1.54, 1.807) is 0 Å². The maximum atomic E-state index is 4.29. The van der Waals surface area contributed by atoms with Crippen LogP contribution in [0.5, 0.6) is 0 Å². The van der Waals surface area contributed by atoms with Gasteiger partial charge in [-0.15, -0.1) is 0 Å². The third-order valence-electron chi connectivity index (χ3n) is 2.31. The average molecular weight is 177 g/mol. The molecule has 0 saturated heterocycles. The third kappa shape index (κ3) is 1.70. The zero-order valence-electron chi connectivity index (χ0n) is 8.12. The molecule has 0 aromatic carbocycles. The van der Waals surface area contributed by atoms with Crippen molar-refractivity contribution in [3.8, 4) is 0 Å². The van der Waals surface area contributed by atoms with Crippen LogP contribution in [0.1, 0.15) is 32.5 Å². The van der Waals surface area contributed by atoms with Crippen molar-refractivity contribution >= 4 is 0 Å². The van der Waals surface area contributed by atoms with Gasteiger partial charge in [-0.25, -0.2) is 9.97 Å². The van der Waals surface area contributed by atoms with Crippen LogP contribution in [0.15, 0.2) is 18.5 Å².